The van der Waals surface area contributed by atoms with Crippen LogP contribution in [-0.2, 0) is 13.5 Å². The molecule has 2 aromatic carbocycles. The molecule has 1 saturated heterocycles. The zero-order valence-electron chi connectivity index (χ0n) is 24.8. The zero-order valence-corrected chi connectivity index (χ0v) is 25.6. The van der Waals surface area contributed by atoms with E-state index in [0.29, 0.717) is 28.0 Å². The van der Waals surface area contributed by atoms with Crippen molar-refractivity contribution in [3.8, 4) is 11.3 Å². The van der Waals surface area contributed by atoms with Crippen LogP contribution in [0.3, 0.4) is 0 Å². The first-order valence-electron chi connectivity index (χ1n) is 14.5. The molecule has 0 saturated carbocycles. The van der Waals surface area contributed by atoms with Crippen molar-refractivity contribution in [3.05, 3.63) is 91.8 Å². The number of hydrogen-bond donors (Lipinski definition) is 2. The maximum Gasteiger partial charge on any atom is 0.293 e. The van der Waals surface area contributed by atoms with Crippen molar-refractivity contribution < 1.29 is 9.18 Å². The summed E-state index contributed by atoms with van der Waals surface area (Å²) in [5, 5.41) is 5.90. The van der Waals surface area contributed by atoms with E-state index < -0.39 is 5.82 Å². The van der Waals surface area contributed by atoms with Gasteiger partial charge in [-0.25, -0.2) is 9.37 Å². The second kappa shape index (κ2) is 12.6. The molecule has 0 spiro atoms. The Morgan fingerprint density at radius 2 is 1.81 bits per heavy atom. The van der Waals surface area contributed by atoms with Crippen molar-refractivity contribution in [2.45, 2.75) is 51.9 Å². The molecule has 0 aliphatic carbocycles. The molecule has 4 aromatic rings. The Labute approximate surface area is 250 Å². The number of rotatable bonds is 8. The molecule has 1 amide bonds. The summed E-state index contributed by atoms with van der Waals surface area (Å²) in [6, 6.07) is 14.5. The van der Waals surface area contributed by atoms with Gasteiger partial charge in [-0.15, -0.1) is 11.3 Å². The number of thiophene rings is 1. The summed E-state index contributed by atoms with van der Waals surface area (Å²) in [6.45, 7) is 8.46. The van der Waals surface area contributed by atoms with E-state index >= 15 is 0 Å². The lowest BCUT2D eigenvalue weighted by atomic mass is 9.89. The van der Waals surface area contributed by atoms with E-state index in [9.17, 15) is 14.0 Å². The van der Waals surface area contributed by atoms with E-state index in [2.05, 4.69) is 60.5 Å². The highest BCUT2D eigenvalue weighted by atomic mass is 32.1. The molecule has 220 valence electrons. The fourth-order valence-electron chi connectivity index (χ4n) is 5.43. The number of carbonyl (C=O) groups excluding carboxylic acids is 1. The van der Waals surface area contributed by atoms with Gasteiger partial charge in [-0.05, 0) is 98.8 Å². The van der Waals surface area contributed by atoms with Gasteiger partial charge in [0.1, 0.15) is 5.82 Å². The minimum Gasteiger partial charge on any atom is -0.336 e. The average Bonchev–Trinajstić information content (AvgIpc) is 3.43. The van der Waals surface area contributed by atoms with Crippen LogP contribution in [-0.4, -0.2) is 40.5 Å². The number of anilines is 3. The van der Waals surface area contributed by atoms with E-state index in [4.69, 9.17) is 0 Å². The topological polar surface area (TPSA) is 79.3 Å². The van der Waals surface area contributed by atoms with Gasteiger partial charge in [-0.2, -0.15) is 0 Å². The van der Waals surface area contributed by atoms with Gasteiger partial charge in [0.25, 0.3) is 11.5 Å². The van der Waals surface area contributed by atoms with Crippen LogP contribution in [0.15, 0.2) is 59.5 Å². The van der Waals surface area contributed by atoms with Gasteiger partial charge in [-0.3, -0.25) is 9.59 Å². The standard InChI is InChI=1S/C33H38FN5O2S/c1-6-29-25(20(2)3)18-30(42-29)32(40)37-27-17-23(9-12-26(27)34)28-19-39(5)33(41)31(36-28)35-24-10-7-21(8-11-24)22-13-15-38(4)16-14-22/h7-12,17-20,22H,6,13-16H2,1-5H3,(H,35,36)(H,37,40). The van der Waals surface area contributed by atoms with Crippen molar-refractivity contribution in [1.29, 1.82) is 0 Å². The predicted octanol–water partition coefficient (Wildman–Crippen LogP) is 7.14. The third kappa shape index (κ3) is 6.47. The van der Waals surface area contributed by atoms with E-state index in [1.165, 1.54) is 27.5 Å². The Balaban J connectivity index is 1.36. The number of amides is 1. The fourth-order valence-corrected chi connectivity index (χ4v) is 6.58. The lowest BCUT2D eigenvalue weighted by Gasteiger charge is -2.29. The first kappa shape index (κ1) is 29.7. The molecule has 5 rings (SSSR count). The molecule has 2 aromatic heterocycles. The summed E-state index contributed by atoms with van der Waals surface area (Å²) in [5.74, 6) is 0.120. The summed E-state index contributed by atoms with van der Waals surface area (Å²) in [4.78, 5) is 34.7. The minimum absolute atomic E-state index is 0.0599. The van der Waals surface area contributed by atoms with Crippen LogP contribution in [0.5, 0.6) is 0 Å². The molecule has 1 aliphatic rings. The third-order valence-electron chi connectivity index (χ3n) is 7.95. The lowest BCUT2D eigenvalue weighted by Crippen LogP contribution is -2.29. The highest BCUT2D eigenvalue weighted by molar-refractivity contribution is 7.14. The maximum absolute atomic E-state index is 14.8. The SMILES string of the molecule is CCc1sc(C(=O)Nc2cc(-c3cn(C)c(=O)c(Nc4ccc(C5CCN(C)CC5)cc4)n3)ccc2F)cc1C(C)C. The molecule has 0 bridgehead atoms. The fraction of sp³-hybridized carbons (Fsp3) is 0.364. The highest BCUT2D eigenvalue weighted by Gasteiger charge is 2.20. The Bertz CT molecular complexity index is 1640. The third-order valence-corrected chi connectivity index (χ3v) is 9.25. The van der Waals surface area contributed by atoms with Crippen molar-refractivity contribution >= 4 is 34.4 Å². The first-order chi connectivity index (χ1) is 20.1. The Kier molecular flexibility index (Phi) is 8.89. The summed E-state index contributed by atoms with van der Waals surface area (Å²) in [6.07, 6.45) is 4.73. The monoisotopic (exact) mass is 587 g/mol. The number of carbonyl (C=O) groups is 1. The lowest BCUT2D eigenvalue weighted by molar-refractivity contribution is 0.103. The van der Waals surface area contributed by atoms with Crippen LogP contribution >= 0.6 is 11.3 Å². The van der Waals surface area contributed by atoms with Gasteiger partial charge in [0, 0.05) is 29.4 Å². The van der Waals surface area contributed by atoms with Gasteiger partial charge in [-0.1, -0.05) is 32.9 Å². The number of likely N-dealkylation sites (tertiary alicyclic amines) is 1. The molecule has 2 N–H and O–H groups in total. The first-order valence-corrected chi connectivity index (χ1v) is 15.3. The number of hydrogen-bond acceptors (Lipinski definition) is 6. The molecular formula is C33H38FN5O2S. The van der Waals surface area contributed by atoms with Crippen molar-refractivity contribution in [2.24, 2.45) is 7.05 Å². The number of nitrogens with zero attached hydrogens (tertiary/aromatic N) is 3. The highest BCUT2D eigenvalue weighted by Crippen LogP contribution is 2.31. The summed E-state index contributed by atoms with van der Waals surface area (Å²) in [7, 11) is 3.81. The van der Waals surface area contributed by atoms with E-state index in [1.807, 2.05) is 18.2 Å². The minimum atomic E-state index is -0.545. The Morgan fingerprint density at radius 1 is 1.10 bits per heavy atom. The Hall–Kier alpha value is -3.82. The smallest absolute Gasteiger partial charge is 0.293 e. The molecule has 0 radical (unpaired) electrons. The van der Waals surface area contributed by atoms with E-state index in [1.54, 1.807) is 25.4 Å². The summed E-state index contributed by atoms with van der Waals surface area (Å²) in [5.41, 5.74) is 4.05. The van der Waals surface area contributed by atoms with Crippen LogP contribution in [0.2, 0.25) is 0 Å². The molecule has 1 aliphatic heterocycles. The normalized spacial score (nSPS) is 14.4. The van der Waals surface area contributed by atoms with E-state index in [-0.39, 0.29) is 23.0 Å². The largest absolute Gasteiger partial charge is 0.336 e. The molecule has 0 atom stereocenters. The molecule has 7 nitrogen and oxygen atoms in total. The number of benzene rings is 2. The van der Waals surface area contributed by atoms with Gasteiger partial charge in [0.2, 0.25) is 0 Å². The molecule has 42 heavy (non-hydrogen) atoms. The van der Waals surface area contributed by atoms with Crippen molar-refractivity contribution in [3.63, 3.8) is 0 Å². The number of piperidine rings is 1. The van der Waals surface area contributed by atoms with Gasteiger partial charge >= 0.3 is 0 Å². The molecule has 0 unspecified atom stereocenters. The quantitative estimate of drug-likeness (QED) is 0.229. The summed E-state index contributed by atoms with van der Waals surface area (Å²) >= 11 is 1.44. The second-order valence-corrected chi connectivity index (χ2v) is 12.5. The van der Waals surface area contributed by atoms with Crippen LogP contribution in [0.1, 0.15) is 71.1 Å². The molecule has 3 heterocycles. The van der Waals surface area contributed by atoms with Gasteiger partial charge < -0.3 is 20.1 Å². The molecule has 9 heteroatoms. The van der Waals surface area contributed by atoms with E-state index in [0.717, 1.165) is 48.5 Å². The number of aryl methyl sites for hydroxylation is 2. The molecular weight excluding hydrogens is 549 g/mol. The number of aromatic nitrogens is 2. The van der Waals surface area contributed by atoms with Crippen LogP contribution in [0.4, 0.5) is 21.6 Å². The van der Waals surface area contributed by atoms with Crippen molar-refractivity contribution in [1.82, 2.24) is 14.5 Å². The average molecular weight is 588 g/mol. The summed E-state index contributed by atoms with van der Waals surface area (Å²) < 4.78 is 16.3. The predicted molar refractivity (Wildman–Crippen MR) is 170 cm³/mol. The number of halogens is 1. The maximum atomic E-state index is 14.8. The van der Waals surface area contributed by atoms with Crippen LogP contribution < -0.4 is 16.2 Å². The van der Waals surface area contributed by atoms with Crippen LogP contribution in [0, 0.1) is 5.82 Å². The molecule has 1 fully saturated rings. The van der Waals surface area contributed by atoms with Gasteiger partial charge in [0.15, 0.2) is 5.82 Å². The Morgan fingerprint density at radius 3 is 2.45 bits per heavy atom. The second-order valence-electron chi connectivity index (χ2n) is 11.4. The zero-order chi connectivity index (χ0) is 30.0. The van der Waals surface area contributed by atoms with Gasteiger partial charge in [0.05, 0.1) is 16.3 Å². The van der Waals surface area contributed by atoms with Crippen molar-refractivity contribution in [2.75, 3.05) is 30.8 Å². The number of nitrogens with one attached hydrogen (secondary N) is 2. The van der Waals surface area contributed by atoms with Crippen LogP contribution in [0.25, 0.3) is 11.3 Å².